The first-order valence-electron chi connectivity index (χ1n) is 8.99. The maximum atomic E-state index is 12.3. The minimum atomic E-state index is -0.846. The van der Waals surface area contributed by atoms with Crippen LogP contribution in [0.5, 0.6) is 0 Å². The van der Waals surface area contributed by atoms with Gasteiger partial charge in [-0.2, -0.15) is 0 Å². The fraction of sp³-hybridized carbons (Fsp3) is 0.789. The van der Waals surface area contributed by atoms with Crippen molar-refractivity contribution in [2.24, 2.45) is 0 Å². The Labute approximate surface area is 149 Å². The molecule has 6 nitrogen and oxygen atoms in total. The molecule has 0 bridgehead atoms. The average molecular weight is 354 g/mol. The zero-order chi connectivity index (χ0) is 18.7. The van der Waals surface area contributed by atoms with Crippen LogP contribution in [0.2, 0.25) is 0 Å². The van der Waals surface area contributed by atoms with E-state index >= 15 is 0 Å². The summed E-state index contributed by atoms with van der Waals surface area (Å²) in [6.07, 6.45) is 4.02. The SMILES string of the molecule is C=C(C)C(=O)OCC1CC(CC(=O)OC2(C)CCCC2)OC(C)(C)O1. The van der Waals surface area contributed by atoms with Gasteiger partial charge in [-0.1, -0.05) is 6.58 Å². The van der Waals surface area contributed by atoms with E-state index in [-0.39, 0.29) is 36.8 Å². The number of ether oxygens (including phenoxy) is 4. The zero-order valence-corrected chi connectivity index (χ0v) is 15.8. The highest BCUT2D eigenvalue weighted by atomic mass is 16.7. The number of carbonyl (C=O) groups is 2. The molecule has 2 fully saturated rings. The van der Waals surface area contributed by atoms with Crippen LogP contribution in [0.4, 0.5) is 0 Å². The van der Waals surface area contributed by atoms with Crippen molar-refractivity contribution in [3.05, 3.63) is 12.2 Å². The van der Waals surface area contributed by atoms with Gasteiger partial charge in [0.05, 0.1) is 18.6 Å². The molecule has 1 aliphatic carbocycles. The summed E-state index contributed by atoms with van der Waals surface area (Å²) in [7, 11) is 0. The fourth-order valence-electron chi connectivity index (χ4n) is 3.47. The summed E-state index contributed by atoms with van der Waals surface area (Å²) in [5, 5.41) is 0. The normalized spacial score (nSPS) is 27.5. The Kier molecular flexibility index (Phi) is 6.27. The van der Waals surface area contributed by atoms with Gasteiger partial charge < -0.3 is 18.9 Å². The lowest BCUT2D eigenvalue weighted by molar-refractivity contribution is -0.304. The van der Waals surface area contributed by atoms with Gasteiger partial charge in [-0.05, 0) is 53.4 Å². The van der Waals surface area contributed by atoms with Crippen LogP contribution in [-0.2, 0) is 28.5 Å². The largest absolute Gasteiger partial charge is 0.460 e. The molecule has 1 heterocycles. The first-order chi connectivity index (χ1) is 11.6. The van der Waals surface area contributed by atoms with E-state index in [1.807, 2.05) is 6.92 Å². The van der Waals surface area contributed by atoms with Gasteiger partial charge >= 0.3 is 11.9 Å². The highest BCUT2D eigenvalue weighted by Gasteiger charge is 2.39. The Balaban J connectivity index is 1.87. The molecule has 0 aromatic rings. The van der Waals surface area contributed by atoms with Crippen molar-refractivity contribution >= 4 is 11.9 Å². The lowest BCUT2D eigenvalue weighted by Gasteiger charge is -2.40. The van der Waals surface area contributed by atoms with E-state index < -0.39 is 11.8 Å². The van der Waals surface area contributed by atoms with Crippen LogP contribution in [0.3, 0.4) is 0 Å². The lowest BCUT2D eigenvalue weighted by Crippen LogP contribution is -2.47. The molecule has 2 rings (SSSR count). The second-order valence-electron chi connectivity index (χ2n) is 7.83. The minimum absolute atomic E-state index is 0.113. The Hall–Kier alpha value is -1.40. The van der Waals surface area contributed by atoms with Gasteiger partial charge in [0.15, 0.2) is 5.79 Å². The number of rotatable bonds is 6. The number of carbonyl (C=O) groups excluding carboxylic acids is 2. The molecule has 1 saturated carbocycles. The maximum Gasteiger partial charge on any atom is 0.333 e. The second-order valence-corrected chi connectivity index (χ2v) is 7.83. The van der Waals surface area contributed by atoms with Crippen LogP contribution in [-0.4, -0.2) is 42.1 Å². The van der Waals surface area contributed by atoms with Crippen molar-refractivity contribution in [3.8, 4) is 0 Å². The summed E-state index contributed by atoms with van der Waals surface area (Å²) in [4.78, 5) is 23.9. The van der Waals surface area contributed by atoms with E-state index in [9.17, 15) is 9.59 Å². The first-order valence-corrected chi connectivity index (χ1v) is 8.99. The fourth-order valence-corrected chi connectivity index (χ4v) is 3.47. The zero-order valence-electron chi connectivity index (χ0n) is 15.8. The molecule has 6 heteroatoms. The number of esters is 2. The topological polar surface area (TPSA) is 71.1 Å². The van der Waals surface area contributed by atoms with Crippen molar-refractivity contribution in [1.29, 1.82) is 0 Å². The summed E-state index contributed by atoms with van der Waals surface area (Å²) in [6, 6.07) is 0. The third-order valence-corrected chi connectivity index (χ3v) is 4.59. The Morgan fingerprint density at radius 3 is 2.32 bits per heavy atom. The molecule has 2 unspecified atom stereocenters. The van der Waals surface area contributed by atoms with Gasteiger partial charge in [0.2, 0.25) is 0 Å². The minimum Gasteiger partial charge on any atom is -0.460 e. The summed E-state index contributed by atoms with van der Waals surface area (Å²) in [6.45, 7) is 10.8. The molecule has 0 aromatic carbocycles. The third-order valence-electron chi connectivity index (χ3n) is 4.59. The molecule has 142 valence electrons. The first kappa shape index (κ1) is 19.9. The van der Waals surface area contributed by atoms with Crippen molar-refractivity contribution in [2.45, 2.75) is 89.8 Å². The average Bonchev–Trinajstić information content (AvgIpc) is 2.88. The molecule has 2 aliphatic rings. The molecule has 0 N–H and O–H groups in total. The van der Waals surface area contributed by atoms with E-state index in [1.54, 1.807) is 20.8 Å². The molecule has 1 saturated heterocycles. The van der Waals surface area contributed by atoms with Crippen molar-refractivity contribution in [1.82, 2.24) is 0 Å². The van der Waals surface area contributed by atoms with E-state index in [2.05, 4.69) is 6.58 Å². The molecular weight excluding hydrogens is 324 g/mol. The number of hydrogen-bond donors (Lipinski definition) is 0. The van der Waals surface area contributed by atoms with Gasteiger partial charge in [0, 0.05) is 12.0 Å². The summed E-state index contributed by atoms with van der Waals surface area (Å²) in [5.74, 6) is -1.54. The predicted molar refractivity (Wildman–Crippen MR) is 91.8 cm³/mol. The Bertz CT molecular complexity index is 518. The molecule has 25 heavy (non-hydrogen) atoms. The molecular formula is C19H30O6. The van der Waals surface area contributed by atoms with Crippen LogP contribution in [0.15, 0.2) is 12.2 Å². The Morgan fingerprint density at radius 2 is 1.72 bits per heavy atom. The van der Waals surface area contributed by atoms with Gasteiger partial charge in [-0.15, -0.1) is 0 Å². The molecule has 2 atom stereocenters. The Morgan fingerprint density at radius 1 is 1.12 bits per heavy atom. The standard InChI is InChI=1S/C19H30O6/c1-13(2)17(21)22-12-15-10-14(23-18(3,4)24-15)11-16(20)25-19(5)8-6-7-9-19/h14-15H,1,6-12H2,2-5H3. The van der Waals surface area contributed by atoms with E-state index in [1.165, 1.54) is 0 Å². The van der Waals surface area contributed by atoms with Crippen LogP contribution in [0.1, 0.15) is 66.2 Å². The van der Waals surface area contributed by atoms with Crippen LogP contribution < -0.4 is 0 Å². The maximum absolute atomic E-state index is 12.3. The molecule has 0 amide bonds. The van der Waals surface area contributed by atoms with Crippen LogP contribution in [0.25, 0.3) is 0 Å². The van der Waals surface area contributed by atoms with E-state index in [0.717, 1.165) is 25.7 Å². The number of hydrogen-bond acceptors (Lipinski definition) is 6. The van der Waals surface area contributed by atoms with Crippen molar-refractivity contribution in [3.63, 3.8) is 0 Å². The monoisotopic (exact) mass is 354 g/mol. The summed E-state index contributed by atoms with van der Waals surface area (Å²) >= 11 is 0. The third kappa shape index (κ3) is 6.12. The second kappa shape index (κ2) is 7.87. The highest BCUT2D eigenvalue weighted by molar-refractivity contribution is 5.86. The van der Waals surface area contributed by atoms with Gasteiger partial charge in [-0.3, -0.25) is 4.79 Å². The van der Waals surface area contributed by atoms with Gasteiger partial charge in [-0.25, -0.2) is 4.79 Å². The molecule has 0 radical (unpaired) electrons. The van der Waals surface area contributed by atoms with Gasteiger partial charge in [0.1, 0.15) is 12.2 Å². The van der Waals surface area contributed by atoms with Crippen molar-refractivity contribution in [2.75, 3.05) is 6.61 Å². The van der Waals surface area contributed by atoms with Crippen LogP contribution >= 0.6 is 0 Å². The van der Waals surface area contributed by atoms with Crippen LogP contribution in [0, 0.1) is 0 Å². The molecule has 1 aliphatic heterocycles. The lowest BCUT2D eigenvalue weighted by atomic mass is 10.0. The van der Waals surface area contributed by atoms with E-state index in [4.69, 9.17) is 18.9 Å². The summed E-state index contributed by atoms with van der Waals surface area (Å²) in [5.41, 5.74) is 0.00465. The smallest absolute Gasteiger partial charge is 0.333 e. The van der Waals surface area contributed by atoms with E-state index in [0.29, 0.717) is 12.0 Å². The van der Waals surface area contributed by atoms with Crippen molar-refractivity contribution < 1.29 is 28.5 Å². The molecule has 0 spiro atoms. The summed E-state index contributed by atoms with van der Waals surface area (Å²) < 4.78 is 22.5. The molecule has 0 aromatic heterocycles. The predicted octanol–water partition coefficient (Wildman–Crippen LogP) is 3.28. The highest BCUT2D eigenvalue weighted by Crippen LogP contribution is 2.34. The quantitative estimate of drug-likeness (QED) is 0.538. The van der Waals surface area contributed by atoms with Gasteiger partial charge in [0.25, 0.3) is 0 Å².